The normalized spacial score (nSPS) is 15.1. The van der Waals surface area contributed by atoms with E-state index in [1.807, 2.05) is 0 Å². The largest absolute Gasteiger partial charge is 0.495 e. The standard InChI is InChI=1S/C22H24FN5O4S/c1-32-18-11-8-16(14-19(18)33(30,31)28-12-4-2-3-5-13-28)21(29)25-22-24-20(26-27-22)15-6-9-17(23)10-7-15/h6-11,14H,2-5,12-13H2,1H3,(H2,24,25,26,27,29). The number of methoxy groups -OCH3 is 1. The van der Waals surface area contributed by atoms with Crippen LogP contribution in [0.25, 0.3) is 11.4 Å². The first-order valence-electron chi connectivity index (χ1n) is 10.6. The number of aromatic amines is 1. The number of benzene rings is 2. The highest BCUT2D eigenvalue weighted by Gasteiger charge is 2.29. The zero-order valence-corrected chi connectivity index (χ0v) is 18.9. The summed E-state index contributed by atoms with van der Waals surface area (Å²) in [4.78, 5) is 16.9. The second-order valence-electron chi connectivity index (χ2n) is 7.65. The molecule has 174 valence electrons. The van der Waals surface area contributed by atoms with Crippen LogP contribution in [-0.4, -0.2) is 54.0 Å². The maximum Gasteiger partial charge on any atom is 0.258 e. The molecule has 1 aliphatic rings. The number of carbonyl (C=O) groups is 1. The fourth-order valence-corrected chi connectivity index (χ4v) is 5.37. The number of ether oxygens (including phenoxy) is 1. The summed E-state index contributed by atoms with van der Waals surface area (Å²) in [6, 6.07) is 9.89. The number of sulfonamides is 1. The van der Waals surface area contributed by atoms with Gasteiger partial charge in [0.15, 0.2) is 5.82 Å². The van der Waals surface area contributed by atoms with Crippen LogP contribution in [0.1, 0.15) is 36.0 Å². The quantitative estimate of drug-likeness (QED) is 0.566. The smallest absolute Gasteiger partial charge is 0.258 e. The summed E-state index contributed by atoms with van der Waals surface area (Å²) < 4.78 is 46.4. The first-order chi connectivity index (χ1) is 15.9. The summed E-state index contributed by atoms with van der Waals surface area (Å²) in [5.41, 5.74) is 0.719. The van der Waals surface area contributed by atoms with Crippen LogP contribution in [0.2, 0.25) is 0 Å². The number of amides is 1. The number of aromatic nitrogens is 3. The number of nitrogens with one attached hydrogen (secondary N) is 2. The van der Waals surface area contributed by atoms with E-state index in [2.05, 4.69) is 20.5 Å². The van der Waals surface area contributed by atoms with Gasteiger partial charge in [-0.1, -0.05) is 12.8 Å². The first kappa shape index (κ1) is 22.9. The fourth-order valence-electron chi connectivity index (χ4n) is 3.67. The van der Waals surface area contributed by atoms with E-state index in [1.54, 1.807) is 0 Å². The van der Waals surface area contributed by atoms with Gasteiger partial charge in [0, 0.05) is 24.2 Å². The SMILES string of the molecule is COc1ccc(C(=O)Nc2n[nH]c(-c3ccc(F)cc3)n2)cc1S(=O)(=O)N1CCCCCC1. The van der Waals surface area contributed by atoms with Crippen LogP contribution in [0, 0.1) is 5.82 Å². The number of hydrogen-bond donors (Lipinski definition) is 2. The Hall–Kier alpha value is -3.31. The number of carbonyl (C=O) groups excluding carboxylic acids is 1. The van der Waals surface area contributed by atoms with Gasteiger partial charge in [-0.05, 0) is 55.3 Å². The van der Waals surface area contributed by atoms with Gasteiger partial charge < -0.3 is 4.74 Å². The minimum Gasteiger partial charge on any atom is -0.495 e. The van der Waals surface area contributed by atoms with Gasteiger partial charge in [-0.15, -0.1) is 5.10 Å². The van der Waals surface area contributed by atoms with Crippen molar-refractivity contribution in [3.05, 3.63) is 53.8 Å². The van der Waals surface area contributed by atoms with Crippen molar-refractivity contribution in [1.29, 1.82) is 0 Å². The van der Waals surface area contributed by atoms with Crippen molar-refractivity contribution >= 4 is 21.9 Å². The van der Waals surface area contributed by atoms with Gasteiger partial charge in [0.1, 0.15) is 16.5 Å². The van der Waals surface area contributed by atoms with Crippen molar-refractivity contribution in [2.75, 3.05) is 25.5 Å². The summed E-state index contributed by atoms with van der Waals surface area (Å²) in [7, 11) is -2.44. The second kappa shape index (κ2) is 9.67. The third kappa shape index (κ3) is 5.04. The lowest BCUT2D eigenvalue weighted by atomic mass is 10.2. The van der Waals surface area contributed by atoms with Gasteiger partial charge in [0.05, 0.1) is 7.11 Å². The van der Waals surface area contributed by atoms with Crippen molar-refractivity contribution in [3.63, 3.8) is 0 Å². The molecule has 1 aromatic heterocycles. The zero-order valence-electron chi connectivity index (χ0n) is 18.0. The number of anilines is 1. The molecule has 33 heavy (non-hydrogen) atoms. The van der Waals surface area contributed by atoms with Gasteiger partial charge >= 0.3 is 0 Å². The number of H-pyrrole nitrogens is 1. The minimum atomic E-state index is -3.83. The molecule has 0 radical (unpaired) electrons. The van der Waals surface area contributed by atoms with Gasteiger partial charge in [-0.2, -0.15) is 9.29 Å². The molecular formula is C22H24FN5O4S. The van der Waals surface area contributed by atoms with E-state index in [-0.39, 0.29) is 28.0 Å². The van der Waals surface area contributed by atoms with Gasteiger partial charge in [0.25, 0.3) is 5.91 Å². The maximum absolute atomic E-state index is 13.3. The topological polar surface area (TPSA) is 117 Å². The summed E-state index contributed by atoms with van der Waals surface area (Å²) >= 11 is 0. The van der Waals surface area contributed by atoms with Crippen LogP contribution in [-0.2, 0) is 10.0 Å². The van der Waals surface area contributed by atoms with E-state index < -0.39 is 15.9 Å². The summed E-state index contributed by atoms with van der Waals surface area (Å²) in [6.45, 7) is 0.872. The van der Waals surface area contributed by atoms with Crippen LogP contribution < -0.4 is 10.1 Å². The van der Waals surface area contributed by atoms with E-state index in [4.69, 9.17) is 4.74 Å². The maximum atomic E-state index is 13.3. The van der Waals surface area contributed by atoms with Crippen molar-refractivity contribution in [1.82, 2.24) is 19.5 Å². The average Bonchev–Trinajstić information content (AvgIpc) is 3.10. The Kier molecular flexibility index (Phi) is 6.70. The molecule has 1 fully saturated rings. The molecular weight excluding hydrogens is 449 g/mol. The zero-order chi connectivity index (χ0) is 23.4. The lowest BCUT2D eigenvalue weighted by Crippen LogP contribution is -2.32. The van der Waals surface area contributed by atoms with Crippen molar-refractivity contribution in [2.24, 2.45) is 0 Å². The van der Waals surface area contributed by atoms with Crippen LogP contribution in [0.3, 0.4) is 0 Å². The molecule has 2 N–H and O–H groups in total. The summed E-state index contributed by atoms with van der Waals surface area (Å²) in [5, 5.41) is 9.19. The molecule has 4 rings (SSSR count). The third-order valence-electron chi connectivity index (χ3n) is 5.44. The number of halogens is 1. The molecule has 3 aromatic rings. The van der Waals surface area contributed by atoms with Crippen LogP contribution >= 0.6 is 0 Å². The van der Waals surface area contributed by atoms with Gasteiger partial charge in [0.2, 0.25) is 16.0 Å². The molecule has 0 saturated carbocycles. The van der Waals surface area contributed by atoms with Crippen molar-refractivity contribution in [2.45, 2.75) is 30.6 Å². The predicted molar refractivity (Wildman–Crippen MR) is 120 cm³/mol. The lowest BCUT2D eigenvalue weighted by molar-refractivity contribution is 0.102. The lowest BCUT2D eigenvalue weighted by Gasteiger charge is -2.21. The van der Waals surface area contributed by atoms with Gasteiger partial charge in [-0.25, -0.2) is 12.8 Å². The van der Waals surface area contributed by atoms with Gasteiger partial charge in [-0.3, -0.25) is 15.2 Å². The Morgan fingerprint density at radius 2 is 1.79 bits per heavy atom. The summed E-state index contributed by atoms with van der Waals surface area (Å²) in [6.07, 6.45) is 3.57. The molecule has 0 unspecified atom stereocenters. The van der Waals surface area contributed by atoms with E-state index in [1.165, 1.54) is 53.9 Å². The molecule has 1 amide bonds. The highest BCUT2D eigenvalue weighted by molar-refractivity contribution is 7.89. The number of rotatable bonds is 6. The Morgan fingerprint density at radius 3 is 2.45 bits per heavy atom. The fraction of sp³-hybridized carbons (Fsp3) is 0.318. The third-order valence-corrected chi connectivity index (χ3v) is 7.36. The predicted octanol–water partition coefficient (Wildman–Crippen LogP) is 3.44. The molecule has 0 bridgehead atoms. The molecule has 1 aliphatic heterocycles. The molecule has 0 aliphatic carbocycles. The van der Waals surface area contributed by atoms with Crippen LogP contribution in [0.15, 0.2) is 47.4 Å². The van der Waals surface area contributed by atoms with E-state index in [9.17, 15) is 17.6 Å². The highest BCUT2D eigenvalue weighted by atomic mass is 32.2. The molecule has 0 atom stereocenters. The molecule has 1 saturated heterocycles. The second-order valence-corrected chi connectivity index (χ2v) is 9.56. The monoisotopic (exact) mass is 473 g/mol. The van der Waals surface area contributed by atoms with Crippen molar-refractivity contribution < 1.29 is 22.3 Å². The average molecular weight is 474 g/mol. The molecule has 2 aromatic carbocycles. The molecule has 2 heterocycles. The van der Waals surface area contributed by atoms with E-state index >= 15 is 0 Å². The van der Waals surface area contributed by atoms with E-state index in [0.717, 1.165) is 25.7 Å². The molecule has 11 heteroatoms. The minimum absolute atomic E-state index is 0.00654. The highest BCUT2D eigenvalue weighted by Crippen LogP contribution is 2.29. The van der Waals surface area contributed by atoms with Crippen LogP contribution in [0.5, 0.6) is 5.75 Å². The van der Waals surface area contributed by atoms with E-state index in [0.29, 0.717) is 24.5 Å². The summed E-state index contributed by atoms with van der Waals surface area (Å²) in [5.74, 6) is -0.421. The Balaban J connectivity index is 1.57. The molecule has 9 nitrogen and oxygen atoms in total. The Bertz CT molecular complexity index is 1240. The van der Waals surface area contributed by atoms with Crippen LogP contribution in [0.4, 0.5) is 10.3 Å². The number of hydrogen-bond acceptors (Lipinski definition) is 6. The first-order valence-corrected chi connectivity index (χ1v) is 12.0. The molecule has 0 spiro atoms. The van der Waals surface area contributed by atoms with Crippen molar-refractivity contribution in [3.8, 4) is 17.1 Å². The number of nitrogens with zero attached hydrogens (tertiary/aromatic N) is 3. The Morgan fingerprint density at radius 1 is 1.09 bits per heavy atom. The Labute approximate surface area is 191 Å².